The van der Waals surface area contributed by atoms with Crippen molar-refractivity contribution in [1.29, 1.82) is 0 Å². The van der Waals surface area contributed by atoms with Crippen molar-refractivity contribution < 1.29 is 14.7 Å². The summed E-state index contributed by atoms with van der Waals surface area (Å²) in [4.78, 5) is 24.6. The summed E-state index contributed by atoms with van der Waals surface area (Å²) in [6.45, 7) is 2.64. The Kier molecular flexibility index (Phi) is 4.09. The fourth-order valence-corrected chi connectivity index (χ4v) is 2.82. The molecule has 1 unspecified atom stereocenters. The molecule has 6 heteroatoms. The molecule has 1 amide bonds. The van der Waals surface area contributed by atoms with Gasteiger partial charge in [-0.05, 0) is 40.5 Å². The van der Waals surface area contributed by atoms with Gasteiger partial charge >= 0.3 is 5.97 Å². The van der Waals surface area contributed by atoms with E-state index in [1.54, 1.807) is 4.90 Å². The van der Waals surface area contributed by atoms with Crippen molar-refractivity contribution >= 4 is 33.5 Å². The predicted octanol–water partition coefficient (Wildman–Crippen LogP) is 1.39. The standard InChI is InChI=1S/C13H15BrN2O3/c1-8-2-3-11(10(14)4-8)16-6-9(13(18)19)5-15-12(17)7-16/h2-4,9H,5-7H2,1H3,(H,15,17)(H,18,19). The molecule has 0 bridgehead atoms. The number of carbonyl (C=O) groups excluding carboxylic acids is 1. The topological polar surface area (TPSA) is 69.6 Å². The Hall–Kier alpha value is -1.56. The molecule has 5 nitrogen and oxygen atoms in total. The lowest BCUT2D eigenvalue weighted by atomic mass is 10.1. The van der Waals surface area contributed by atoms with Gasteiger partial charge in [0, 0.05) is 17.6 Å². The highest BCUT2D eigenvalue weighted by Crippen LogP contribution is 2.28. The van der Waals surface area contributed by atoms with Gasteiger partial charge in [-0.3, -0.25) is 9.59 Å². The van der Waals surface area contributed by atoms with Crippen LogP contribution >= 0.6 is 15.9 Å². The van der Waals surface area contributed by atoms with Gasteiger partial charge in [0.05, 0.1) is 18.2 Å². The van der Waals surface area contributed by atoms with Crippen LogP contribution in [0.5, 0.6) is 0 Å². The zero-order valence-corrected chi connectivity index (χ0v) is 12.1. The zero-order chi connectivity index (χ0) is 14.0. The van der Waals surface area contributed by atoms with E-state index in [1.807, 2.05) is 25.1 Å². The fraction of sp³-hybridized carbons (Fsp3) is 0.385. The van der Waals surface area contributed by atoms with Crippen LogP contribution < -0.4 is 10.2 Å². The van der Waals surface area contributed by atoms with Gasteiger partial charge in [0.2, 0.25) is 5.91 Å². The molecule has 0 aliphatic carbocycles. The van der Waals surface area contributed by atoms with E-state index in [0.717, 1.165) is 15.7 Å². The van der Waals surface area contributed by atoms with Crippen molar-refractivity contribution in [2.75, 3.05) is 24.5 Å². The van der Waals surface area contributed by atoms with Crippen LogP contribution in [-0.2, 0) is 9.59 Å². The molecule has 102 valence electrons. The molecule has 1 aliphatic rings. The van der Waals surface area contributed by atoms with Crippen LogP contribution in [0, 0.1) is 12.8 Å². The molecule has 2 rings (SSSR count). The minimum atomic E-state index is -0.893. The van der Waals surface area contributed by atoms with E-state index in [-0.39, 0.29) is 19.0 Å². The van der Waals surface area contributed by atoms with Gasteiger partial charge in [0.1, 0.15) is 0 Å². The predicted molar refractivity (Wildman–Crippen MR) is 75.2 cm³/mol. The first-order valence-corrected chi connectivity index (χ1v) is 6.77. The number of rotatable bonds is 2. The van der Waals surface area contributed by atoms with Crippen LogP contribution in [0.1, 0.15) is 5.56 Å². The Morgan fingerprint density at radius 1 is 1.53 bits per heavy atom. The minimum absolute atomic E-state index is 0.156. The van der Waals surface area contributed by atoms with Gasteiger partial charge in [-0.1, -0.05) is 6.07 Å². The molecule has 1 aromatic rings. The van der Waals surface area contributed by atoms with E-state index in [1.165, 1.54) is 0 Å². The first-order valence-electron chi connectivity index (χ1n) is 5.98. The molecular weight excluding hydrogens is 312 g/mol. The Balaban J connectivity index is 2.29. The van der Waals surface area contributed by atoms with E-state index in [2.05, 4.69) is 21.2 Å². The average Bonchev–Trinajstić information content (AvgIpc) is 2.51. The van der Waals surface area contributed by atoms with Gasteiger partial charge in [-0.15, -0.1) is 0 Å². The highest BCUT2D eigenvalue weighted by atomic mass is 79.9. The van der Waals surface area contributed by atoms with Crippen LogP contribution in [0.4, 0.5) is 5.69 Å². The molecule has 1 fully saturated rings. The number of hydrogen-bond acceptors (Lipinski definition) is 3. The van der Waals surface area contributed by atoms with Crippen LogP contribution in [-0.4, -0.2) is 36.6 Å². The van der Waals surface area contributed by atoms with Crippen LogP contribution in [0.25, 0.3) is 0 Å². The molecular formula is C13H15BrN2O3. The third-order valence-electron chi connectivity index (χ3n) is 3.11. The van der Waals surface area contributed by atoms with E-state index in [4.69, 9.17) is 5.11 Å². The van der Waals surface area contributed by atoms with Crippen molar-refractivity contribution in [3.8, 4) is 0 Å². The maximum Gasteiger partial charge on any atom is 0.310 e. The maximum absolute atomic E-state index is 11.7. The largest absolute Gasteiger partial charge is 0.481 e. The normalized spacial score (nSPS) is 19.8. The number of nitrogens with zero attached hydrogens (tertiary/aromatic N) is 1. The lowest BCUT2D eigenvalue weighted by Gasteiger charge is -2.24. The highest BCUT2D eigenvalue weighted by Gasteiger charge is 2.27. The van der Waals surface area contributed by atoms with Gasteiger partial charge in [-0.2, -0.15) is 0 Å². The van der Waals surface area contributed by atoms with Crippen molar-refractivity contribution in [2.45, 2.75) is 6.92 Å². The van der Waals surface area contributed by atoms with Crippen molar-refractivity contribution in [1.82, 2.24) is 5.32 Å². The van der Waals surface area contributed by atoms with Gasteiger partial charge in [0.15, 0.2) is 0 Å². The first-order chi connectivity index (χ1) is 8.97. The number of anilines is 1. The molecule has 1 saturated heterocycles. The third-order valence-corrected chi connectivity index (χ3v) is 3.75. The molecule has 1 aliphatic heterocycles. The van der Waals surface area contributed by atoms with Crippen molar-refractivity contribution in [3.63, 3.8) is 0 Å². The SMILES string of the molecule is Cc1ccc(N2CC(=O)NCC(C(=O)O)C2)c(Br)c1. The minimum Gasteiger partial charge on any atom is -0.481 e. The maximum atomic E-state index is 11.7. The number of hydrogen-bond donors (Lipinski definition) is 2. The second kappa shape index (κ2) is 5.61. The molecule has 0 saturated carbocycles. The van der Waals surface area contributed by atoms with E-state index < -0.39 is 11.9 Å². The number of carboxylic acids is 1. The van der Waals surface area contributed by atoms with Gasteiger partial charge in [-0.25, -0.2) is 0 Å². The number of aryl methyl sites for hydroxylation is 1. The number of amides is 1. The van der Waals surface area contributed by atoms with Gasteiger partial charge < -0.3 is 15.3 Å². The first kappa shape index (κ1) is 13.9. The summed E-state index contributed by atoms with van der Waals surface area (Å²) in [7, 11) is 0. The summed E-state index contributed by atoms with van der Waals surface area (Å²) in [6, 6.07) is 5.80. The number of carbonyl (C=O) groups is 2. The Morgan fingerprint density at radius 2 is 2.26 bits per heavy atom. The second-order valence-corrected chi connectivity index (χ2v) is 5.53. The molecule has 1 heterocycles. The summed E-state index contributed by atoms with van der Waals surface area (Å²) in [5, 5.41) is 11.8. The number of halogens is 1. The molecule has 0 radical (unpaired) electrons. The number of benzene rings is 1. The van der Waals surface area contributed by atoms with Crippen LogP contribution in [0.15, 0.2) is 22.7 Å². The molecule has 2 N–H and O–H groups in total. The molecule has 1 atom stereocenters. The van der Waals surface area contributed by atoms with E-state index in [9.17, 15) is 9.59 Å². The summed E-state index contributed by atoms with van der Waals surface area (Å²) >= 11 is 3.46. The van der Waals surface area contributed by atoms with Crippen LogP contribution in [0.3, 0.4) is 0 Å². The van der Waals surface area contributed by atoms with E-state index >= 15 is 0 Å². The summed E-state index contributed by atoms with van der Waals surface area (Å²) in [5.41, 5.74) is 1.94. The lowest BCUT2D eigenvalue weighted by molar-refractivity contribution is -0.141. The van der Waals surface area contributed by atoms with Crippen molar-refractivity contribution in [2.24, 2.45) is 5.92 Å². The second-order valence-electron chi connectivity index (χ2n) is 4.67. The monoisotopic (exact) mass is 326 g/mol. The third kappa shape index (κ3) is 3.26. The molecule has 0 spiro atoms. The molecule has 1 aromatic carbocycles. The Bertz CT molecular complexity index is 519. The Labute approximate surface area is 119 Å². The number of nitrogens with one attached hydrogen (secondary N) is 1. The fourth-order valence-electron chi connectivity index (χ4n) is 2.08. The lowest BCUT2D eigenvalue weighted by Crippen LogP contribution is -2.34. The number of aliphatic carboxylic acids is 1. The van der Waals surface area contributed by atoms with Gasteiger partial charge in [0.25, 0.3) is 0 Å². The smallest absolute Gasteiger partial charge is 0.310 e. The summed E-state index contributed by atoms with van der Waals surface area (Å²) < 4.78 is 0.867. The zero-order valence-electron chi connectivity index (χ0n) is 10.5. The Morgan fingerprint density at radius 3 is 2.89 bits per heavy atom. The number of carboxylic acid groups (broad SMARTS) is 1. The molecule has 19 heavy (non-hydrogen) atoms. The highest BCUT2D eigenvalue weighted by molar-refractivity contribution is 9.10. The summed E-state index contributed by atoms with van der Waals surface area (Å²) in [5.74, 6) is -1.65. The van der Waals surface area contributed by atoms with Crippen molar-refractivity contribution in [3.05, 3.63) is 28.2 Å². The van der Waals surface area contributed by atoms with E-state index in [0.29, 0.717) is 6.54 Å². The summed E-state index contributed by atoms with van der Waals surface area (Å²) in [6.07, 6.45) is 0. The molecule has 0 aromatic heterocycles. The average molecular weight is 327 g/mol. The van der Waals surface area contributed by atoms with Crippen LogP contribution in [0.2, 0.25) is 0 Å². The quantitative estimate of drug-likeness (QED) is 0.861.